The molecule has 0 heterocycles. The average Bonchev–Trinajstić information content (AvgIpc) is 2.15. The SMILES string of the molecule is CC1(NC(=O)CC2(N)CCC2)CCCCC1. The second-order valence-corrected chi connectivity index (χ2v) is 6.06. The number of nitrogens with one attached hydrogen (secondary N) is 1. The normalized spacial score (nSPS) is 26.9. The Hall–Kier alpha value is -0.570. The lowest BCUT2D eigenvalue weighted by molar-refractivity contribution is -0.125. The van der Waals surface area contributed by atoms with E-state index >= 15 is 0 Å². The van der Waals surface area contributed by atoms with Crippen molar-refractivity contribution < 1.29 is 4.79 Å². The highest BCUT2D eigenvalue weighted by Gasteiger charge is 2.36. The first-order valence-electron chi connectivity index (χ1n) is 6.61. The minimum Gasteiger partial charge on any atom is -0.351 e. The van der Waals surface area contributed by atoms with Crippen molar-refractivity contribution in [1.29, 1.82) is 0 Å². The molecule has 0 bridgehead atoms. The Labute approximate surface area is 98.2 Å². The van der Waals surface area contributed by atoms with E-state index in [-0.39, 0.29) is 17.0 Å². The molecule has 0 aliphatic heterocycles. The minimum absolute atomic E-state index is 0.0371. The summed E-state index contributed by atoms with van der Waals surface area (Å²) < 4.78 is 0. The fourth-order valence-electron chi connectivity index (χ4n) is 2.97. The Bertz CT molecular complexity index is 265. The molecule has 0 aromatic carbocycles. The van der Waals surface area contributed by atoms with E-state index < -0.39 is 0 Å². The maximum Gasteiger partial charge on any atom is 0.222 e. The van der Waals surface area contributed by atoms with Gasteiger partial charge in [-0.05, 0) is 39.0 Å². The molecule has 2 saturated carbocycles. The van der Waals surface area contributed by atoms with Gasteiger partial charge in [0.05, 0.1) is 0 Å². The molecular weight excluding hydrogens is 200 g/mol. The third-order valence-electron chi connectivity index (χ3n) is 4.26. The standard InChI is InChI=1S/C13H24N2O/c1-12(6-3-2-4-7-12)15-11(16)10-13(14)8-5-9-13/h2-10,14H2,1H3,(H,15,16). The lowest BCUT2D eigenvalue weighted by atomic mass is 9.75. The minimum atomic E-state index is -0.185. The number of hydrogen-bond acceptors (Lipinski definition) is 2. The Kier molecular flexibility index (Phi) is 3.24. The van der Waals surface area contributed by atoms with E-state index in [0.717, 1.165) is 25.7 Å². The summed E-state index contributed by atoms with van der Waals surface area (Å²) in [6.45, 7) is 2.17. The second-order valence-electron chi connectivity index (χ2n) is 6.06. The molecule has 0 atom stereocenters. The van der Waals surface area contributed by atoms with Crippen molar-refractivity contribution >= 4 is 5.91 Å². The molecule has 3 heteroatoms. The fourth-order valence-corrected chi connectivity index (χ4v) is 2.97. The van der Waals surface area contributed by atoms with Gasteiger partial charge in [0.25, 0.3) is 0 Å². The van der Waals surface area contributed by atoms with Crippen LogP contribution in [-0.2, 0) is 4.79 Å². The van der Waals surface area contributed by atoms with E-state index in [1.165, 1.54) is 25.7 Å². The Morgan fingerprint density at radius 2 is 1.75 bits per heavy atom. The van der Waals surface area contributed by atoms with Crippen LogP contribution < -0.4 is 11.1 Å². The Morgan fingerprint density at radius 3 is 2.25 bits per heavy atom. The Balaban J connectivity index is 1.81. The number of rotatable bonds is 3. The molecule has 0 aromatic rings. The van der Waals surface area contributed by atoms with Crippen molar-refractivity contribution in [1.82, 2.24) is 5.32 Å². The monoisotopic (exact) mass is 224 g/mol. The van der Waals surface area contributed by atoms with E-state index in [4.69, 9.17) is 5.73 Å². The molecule has 0 unspecified atom stereocenters. The van der Waals surface area contributed by atoms with Gasteiger partial charge in [-0.1, -0.05) is 19.3 Å². The third kappa shape index (κ3) is 2.76. The lowest BCUT2D eigenvalue weighted by Crippen LogP contribution is -2.54. The van der Waals surface area contributed by atoms with Gasteiger partial charge in [0.1, 0.15) is 0 Å². The molecule has 0 saturated heterocycles. The largest absolute Gasteiger partial charge is 0.351 e. The molecular formula is C13H24N2O. The van der Waals surface area contributed by atoms with Crippen LogP contribution in [0.25, 0.3) is 0 Å². The first-order valence-corrected chi connectivity index (χ1v) is 6.61. The van der Waals surface area contributed by atoms with Crippen molar-refractivity contribution in [3.05, 3.63) is 0 Å². The number of hydrogen-bond donors (Lipinski definition) is 2. The van der Waals surface area contributed by atoms with Crippen molar-refractivity contribution in [2.24, 2.45) is 5.73 Å². The molecule has 2 rings (SSSR count). The van der Waals surface area contributed by atoms with E-state index in [1.807, 2.05) is 0 Å². The summed E-state index contributed by atoms with van der Waals surface area (Å²) in [5.74, 6) is 0.159. The highest BCUT2D eigenvalue weighted by atomic mass is 16.1. The molecule has 0 radical (unpaired) electrons. The zero-order valence-electron chi connectivity index (χ0n) is 10.3. The van der Waals surface area contributed by atoms with Crippen molar-refractivity contribution in [3.8, 4) is 0 Å². The van der Waals surface area contributed by atoms with E-state index in [1.54, 1.807) is 0 Å². The van der Waals surface area contributed by atoms with Gasteiger partial charge in [-0.15, -0.1) is 0 Å². The highest BCUT2D eigenvalue weighted by Crippen LogP contribution is 2.33. The fraction of sp³-hybridized carbons (Fsp3) is 0.923. The molecule has 1 amide bonds. The van der Waals surface area contributed by atoms with Crippen LogP contribution in [0.2, 0.25) is 0 Å². The van der Waals surface area contributed by atoms with Gasteiger partial charge in [-0.2, -0.15) is 0 Å². The van der Waals surface area contributed by atoms with Gasteiger partial charge in [0.15, 0.2) is 0 Å². The summed E-state index contributed by atoms with van der Waals surface area (Å²) >= 11 is 0. The van der Waals surface area contributed by atoms with Crippen LogP contribution in [0.3, 0.4) is 0 Å². The van der Waals surface area contributed by atoms with Crippen LogP contribution in [0.4, 0.5) is 0 Å². The molecule has 2 aliphatic rings. The quantitative estimate of drug-likeness (QED) is 0.771. The van der Waals surface area contributed by atoms with Crippen molar-refractivity contribution in [2.45, 2.75) is 75.8 Å². The number of nitrogens with two attached hydrogens (primary N) is 1. The van der Waals surface area contributed by atoms with Crippen LogP contribution in [-0.4, -0.2) is 17.0 Å². The first kappa shape index (κ1) is 11.9. The molecule has 92 valence electrons. The number of carbonyl (C=O) groups is 1. The Morgan fingerprint density at radius 1 is 1.12 bits per heavy atom. The zero-order valence-corrected chi connectivity index (χ0v) is 10.3. The van der Waals surface area contributed by atoms with E-state index in [2.05, 4.69) is 12.2 Å². The van der Waals surface area contributed by atoms with Crippen LogP contribution in [0.5, 0.6) is 0 Å². The smallest absolute Gasteiger partial charge is 0.222 e. The van der Waals surface area contributed by atoms with Crippen molar-refractivity contribution in [3.63, 3.8) is 0 Å². The van der Waals surface area contributed by atoms with Crippen molar-refractivity contribution in [2.75, 3.05) is 0 Å². The predicted octanol–water partition coefficient (Wildman–Crippen LogP) is 2.10. The molecule has 16 heavy (non-hydrogen) atoms. The molecule has 2 fully saturated rings. The molecule has 0 aromatic heterocycles. The van der Waals surface area contributed by atoms with Crippen LogP contribution in [0, 0.1) is 0 Å². The van der Waals surface area contributed by atoms with Gasteiger partial charge in [0.2, 0.25) is 5.91 Å². The summed E-state index contributed by atoms with van der Waals surface area (Å²) in [6, 6.07) is 0. The molecule has 2 aliphatic carbocycles. The molecule has 3 nitrogen and oxygen atoms in total. The molecule has 0 spiro atoms. The second kappa shape index (κ2) is 4.36. The van der Waals surface area contributed by atoms with Gasteiger partial charge < -0.3 is 11.1 Å². The van der Waals surface area contributed by atoms with E-state index in [0.29, 0.717) is 6.42 Å². The van der Waals surface area contributed by atoms with Crippen LogP contribution in [0.1, 0.15) is 64.7 Å². The third-order valence-corrected chi connectivity index (χ3v) is 4.26. The predicted molar refractivity (Wildman–Crippen MR) is 65.0 cm³/mol. The van der Waals surface area contributed by atoms with Gasteiger partial charge in [-0.3, -0.25) is 4.79 Å². The summed E-state index contributed by atoms with van der Waals surface area (Å²) in [4.78, 5) is 11.9. The van der Waals surface area contributed by atoms with Gasteiger partial charge >= 0.3 is 0 Å². The first-order chi connectivity index (χ1) is 7.52. The maximum absolute atomic E-state index is 11.9. The zero-order chi connectivity index (χ0) is 11.6. The number of carbonyl (C=O) groups excluding carboxylic acids is 1. The van der Waals surface area contributed by atoms with Gasteiger partial charge in [-0.25, -0.2) is 0 Å². The number of amides is 1. The summed E-state index contributed by atoms with van der Waals surface area (Å²) in [5.41, 5.74) is 5.94. The average molecular weight is 224 g/mol. The highest BCUT2D eigenvalue weighted by molar-refractivity contribution is 5.78. The summed E-state index contributed by atoms with van der Waals surface area (Å²) in [5, 5.41) is 3.20. The molecule has 3 N–H and O–H groups in total. The van der Waals surface area contributed by atoms with E-state index in [9.17, 15) is 4.79 Å². The summed E-state index contributed by atoms with van der Waals surface area (Å²) in [6.07, 6.45) is 9.76. The lowest BCUT2D eigenvalue weighted by Gasteiger charge is -2.40. The van der Waals surface area contributed by atoms with Crippen LogP contribution in [0.15, 0.2) is 0 Å². The summed E-state index contributed by atoms with van der Waals surface area (Å²) in [7, 11) is 0. The van der Waals surface area contributed by atoms with Gasteiger partial charge in [0, 0.05) is 17.5 Å². The van der Waals surface area contributed by atoms with Crippen LogP contribution >= 0.6 is 0 Å². The topological polar surface area (TPSA) is 55.1 Å². The maximum atomic E-state index is 11.9.